The number of hydrazine groups is 1. The molecule has 0 unspecified atom stereocenters. The summed E-state index contributed by atoms with van der Waals surface area (Å²) in [5.41, 5.74) is 6.09. The summed E-state index contributed by atoms with van der Waals surface area (Å²) in [4.78, 5) is 23.7. The molecular formula is C23H19FN2O3. The van der Waals surface area contributed by atoms with Gasteiger partial charge in [-0.25, -0.2) is 4.39 Å². The number of hydrogen-bond acceptors (Lipinski definition) is 3. The molecule has 0 spiro atoms. The maximum atomic E-state index is 13.5. The third-order valence-electron chi connectivity index (χ3n) is 3.97. The first-order valence-electron chi connectivity index (χ1n) is 8.91. The van der Waals surface area contributed by atoms with E-state index in [-0.39, 0.29) is 5.56 Å². The van der Waals surface area contributed by atoms with Gasteiger partial charge in [0.15, 0.2) is 0 Å². The van der Waals surface area contributed by atoms with E-state index in [0.717, 1.165) is 11.1 Å². The molecule has 0 saturated carbocycles. The smallest absolute Gasteiger partial charge is 0.272 e. The highest BCUT2D eigenvalue weighted by Gasteiger charge is 2.10. The summed E-state index contributed by atoms with van der Waals surface area (Å²) < 4.78 is 19.2. The van der Waals surface area contributed by atoms with Crippen LogP contribution in [-0.2, 0) is 11.4 Å². The lowest BCUT2D eigenvalue weighted by atomic mass is 10.2. The van der Waals surface area contributed by atoms with E-state index < -0.39 is 17.6 Å². The molecule has 0 aliphatic heterocycles. The highest BCUT2D eigenvalue weighted by atomic mass is 19.1. The second-order valence-corrected chi connectivity index (χ2v) is 6.10. The molecule has 0 aliphatic carbocycles. The van der Waals surface area contributed by atoms with Gasteiger partial charge in [-0.2, -0.15) is 0 Å². The van der Waals surface area contributed by atoms with Gasteiger partial charge in [-0.15, -0.1) is 0 Å². The van der Waals surface area contributed by atoms with Gasteiger partial charge < -0.3 is 4.74 Å². The standard InChI is InChI=1S/C23H19FN2O3/c24-21-9-5-4-8-20(21)23(28)26-25-22(27)15-12-17-10-13-19(14-11-17)29-16-18-6-2-1-3-7-18/h1-15H,16H2,(H,25,27)(H,26,28)/b15-12+. The Labute approximate surface area is 167 Å². The summed E-state index contributed by atoms with van der Waals surface area (Å²) in [6, 6.07) is 22.6. The fourth-order valence-electron chi connectivity index (χ4n) is 2.46. The average Bonchev–Trinajstić information content (AvgIpc) is 2.76. The summed E-state index contributed by atoms with van der Waals surface area (Å²) in [5, 5.41) is 0. The zero-order valence-electron chi connectivity index (χ0n) is 15.5. The van der Waals surface area contributed by atoms with Gasteiger partial charge in [0.2, 0.25) is 0 Å². The number of nitrogens with one attached hydrogen (secondary N) is 2. The molecule has 0 atom stereocenters. The molecule has 0 aromatic heterocycles. The number of amides is 2. The largest absolute Gasteiger partial charge is 0.489 e. The normalized spacial score (nSPS) is 10.5. The highest BCUT2D eigenvalue weighted by molar-refractivity contribution is 5.98. The predicted octanol–water partition coefficient (Wildman–Crippen LogP) is 3.88. The molecule has 0 bridgehead atoms. The van der Waals surface area contributed by atoms with E-state index in [2.05, 4.69) is 10.9 Å². The van der Waals surface area contributed by atoms with Crippen molar-refractivity contribution in [2.24, 2.45) is 0 Å². The van der Waals surface area contributed by atoms with Crippen molar-refractivity contribution in [1.82, 2.24) is 10.9 Å². The molecule has 0 fully saturated rings. The van der Waals surface area contributed by atoms with Crippen LogP contribution in [0.5, 0.6) is 5.75 Å². The number of benzene rings is 3. The maximum absolute atomic E-state index is 13.5. The van der Waals surface area contributed by atoms with Crippen LogP contribution in [0.15, 0.2) is 84.9 Å². The maximum Gasteiger partial charge on any atom is 0.272 e. The number of hydrogen-bond donors (Lipinski definition) is 2. The van der Waals surface area contributed by atoms with Gasteiger partial charge in [0, 0.05) is 6.08 Å². The summed E-state index contributed by atoms with van der Waals surface area (Å²) in [6.07, 6.45) is 2.85. The molecule has 0 radical (unpaired) electrons. The van der Waals surface area contributed by atoms with Gasteiger partial charge >= 0.3 is 0 Å². The van der Waals surface area contributed by atoms with Crippen molar-refractivity contribution in [3.63, 3.8) is 0 Å². The SMILES string of the molecule is O=C(/C=C/c1ccc(OCc2ccccc2)cc1)NNC(=O)c1ccccc1F. The van der Waals surface area contributed by atoms with Crippen LogP contribution in [0.1, 0.15) is 21.5 Å². The molecule has 2 N–H and O–H groups in total. The summed E-state index contributed by atoms with van der Waals surface area (Å²) in [7, 11) is 0. The fourth-order valence-corrected chi connectivity index (χ4v) is 2.46. The van der Waals surface area contributed by atoms with Gasteiger partial charge in [0.1, 0.15) is 18.2 Å². The predicted molar refractivity (Wildman–Crippen MR) is 108 cm³/mol. The first kappa shape index (κ1) is 19.8. The minimum absolute atomic E-state index is 0.150. The van der Waals surface area contributed by atoms with E-state index in [1.807, 2.05) is 42.5 Å². The second-order valence-electron chi connectivity index (χ2n) is 6.10. The number of carbonyl (C=O) groups excluding carboxylic acids is 2. The first-order valence-corrected chi connectivity index (χ1v) is 8.91. The van der Waals surface area contributed by atoms with E-state index in [4.69, 9.17) is 4.74 Å². The van der Waals surface area contributed by atoms with Crippen molar-refractivity contribution in [2.45, 2.75) is 6.61 Å². The van der Waals surface area contributed by atoms with Crippen LogP contribution in [-0.4, -0.2) is 11.8 Å². The van der Waals surface area contributed by atoms with Crippen molar-refractivity contribution in [3.05, 3.63) is 107 Å². The molecule has 0 heterocycles. The monoisotopic (exact) mass is 390 g/mol. The molecule has 2 amide bonds. The van der Waals surface area contributed by atoms with Crippen molar-refractivity contribution in [1.29, 1.82) is 0 Å². The third kappa shape index (κ3) is 6.04. The van der Waals surface area contributed by atoms with E-state index in [1.54, 1.807) is 18.2 Å². The minimum Gasteiger partial charge on any atom is -0.489 e. The van der Waals surface area contributed by atoms with Crippen LogP contribution in [0.2, 0.25) is 0 Å². The Morgan fingerprint density at radius 1 is 0.862 bits per heavy atom. The minimum atomic E-state index is -0.732. The Morgan fingerprint density at radius 2 is 1.55 bits per heavy atom. The van der Waals surface area contributed by atoms with Crippen molar-refractivity contribution >= 4 is 17.9 Å². The zero-order valence-corrected chi connectivity index (χ0v) is 15.5. The van der Waals surface area contributed by atoms with Crippen molar-refractivity contribution < 1.29 is 18.7 Å². The number of carbonyl (C=O) groups is 2. The molecule has 3 aromatic carbocycles. The third-order valence-corrected chi connectivity index (χ3v) is 3.97. The molecule has 3 aromatic rings. The first-order chi connectivity index (χ1) is 14.1. The van der Waals surface area contributed by atoms with Crippen LogP contribution in [0.3, 0.4) is 0 Å². The molecule has 146 valence electrons. The molecule has 0 aliphatic rings. The lowest BCUT2D eigenvalue weighted by Gasteiger charge is -2.07. The van der Waals surface area contributed by atoms with E-state index in [9.17, 15) is 14.0 Å². The van der Waals surface area contributed by atoms with E-state index in [0.29, 0.717) is 12.4 Å². The number of rotatable bonds is 6. The summed E-state index contributed by atoms with van der Waals surface area (Å²) in [5.74, 6) is -1.22. The Bertz CT molecular complexity index is 1000. The van der Waals surface area contributed by atoms with Crippen molar-refractivity contribution in [3.8, 4) is 5.75 Å². The van der Waals surface area contributed by atoms with Gasteiger partial charge in [-0.3, -0.25) is 20.4 Å². The molecule has 29 heavy (non-hydrogen) atoms. The molecule has 0 saturated heterocycles. The average molecular weight is 390 g/mol. The van der Waals surface area contributed by atoms with Gasteiger partial charge in [0.25, 0.3) is 11.8 Å². The van der Waals surface area contributed by atoms with Crippen LogP contribution in [0.25, 0.3) is 6.08 Å². The number of ether oxygens (including phenoxy) is 1. The van der Waals surface area contributed by atoms with E-state index in [1.165, 1.54) is 30.3 Å². The van der Waals surface area contributed by atoms with E-state index >= 15 is 0 Å². The van der Waals surface area contributed by atoms with Crippen LogP contribution < -0.4 is 15.6 Å². The quantitative estimate of drug-likeness (QED) is 0.496. The Kier molecular flexibility index (Phi) is 6.73. The van der Waals surface area contributed by atoms with Gasteiger partial charge in [-0.1, -0.05) is 54.6 Å². The van der Waals surface area contributed by atoms with Crippen LogP contribution in [0, 0.1) is 5.82 Å². The lowest BCUT2D eigenvalue weighted by molar-refractivity contribution is -0.117. The molecule has 5 nitrogen and oxygen atoms in total. The van der Waals surface area contributed by atoms with Gasteiger partial charge in [0.05, 0.1) is 5.56 Å². The summed E-state index contributed by atoms with van der Waals surface area (Å²) in [6.45, 7) is 0.472. The lowest BCUT2D eigenvalue weighted by Crippen LogP contribution is -2.41. The molecule has 6 heteroatoms. The molecule has 3 rings (SSSR count). The molecular weight excluding hydrogens is 371 g/mol. The highest BCUT2D eigenvalue weighted by Crippen LogP contribution is 2.15. The topological polar surface area (TPSA) is 67.4 Å². The summed E-state index contributed by atoms with van der Waals surface area (Å²) >= 11 is 0. The Morgan fingerprint density at radius 3 is 2.28 bits per heavy atom. The Hall–Kier alpha value is -3.93. The number of halogens is 1. The fraction of sp³-hybridized carbons (Fsp3) is 0.0435. The second kappa shape index (κ2) is 9.85. The van der Waals surface area contributed by atoms with Crippen molar-refractivity contribution in [2.75, 3.05) is 0 Å². The van der Waals surface area contributed by atoms with Crippen LogP contribution in [0.4, 0.5) is 4.39 Å². The Balaban J connectivity index is 1.47. The van der Waals surface area contributed by atoms with Gasteiger partial charge in [-0.05, 0) is 41.5 Å². The zero-order chi connectivity index (χ0) is 20.5. The van der Waals surface area contributed by atoms with Crippen LogP contribution >= 0.6 is 0 Å².